The molecule has 0 spiro atoms. The molecule has 0 amide bonds. The van der Waals surface area contributed by atoms with Crippen molar-refractivity contribution in [3.63, 3.8) is 0 Å². The third-order valence-corrected chi connectivity index (χ3v) is 6.29. The summed E-state index contributed by atoms with van der Waals surface area (Å²) < 4.78 is 0. The highest BCUT2D eigenvalue weighted by Gasteiger charge is 2.47. The largest absolute Gasteiger partial charge is 0.325 e. The van der Waals surface area contributed by atoms with Gasteiger partial charge in [0.1, 0.15) is 0 Å². The molecule has 2 aliphatic rings. The Morgan fingerprint density at radius 3 is 2.53 bits per heavy atom. The molecule has 1 nitrogen and oxygen atoms in total. The van der Waals surface area contributed by atoms with Crippen molar-refractivity contribution in [3.8, 4) is 0 Å². The fourth-order valence-electron chi connectivity index (χ4n) is 5.16. The van der Waals surface area contributed by atoms with Crippen molar-refractivity contribution < 1.29 is 0 Å². The van der Waals surface area contributed by atoms with Crippen LogP contribution in [0.3, 0.4) is 0 Å². The van der Waals surface area contributed by atoms with Crippen LogP contribution in [0.25, 0.3) is 0 Å². The highest BCUT2D eigenvalue weighted by Crippen LogP contribution is 2.48. The highest BCUT2D eigenvalue weighted by molar-refractivity contribution is 5.03. The van der Waals surface area contributed by atoms with E-state index in [1.807, 2.05) is 0 Å². The van der Waals surface area contributed by atoms with Gasteiger partial charge in [-0.3, -0.25) is 0 Å². The molecule has 0 aromatic carbocycles. The van der Waals surface area contributed by atoms with Gasteiger partial charge in [0.15, 0.2) is 0 Å². The van der Waals surface area contributed by atoms with Gasteiger partial charge in [0.05, 0.1) is 0 Å². The van der Waals surface area contributed by atoms with Gasteiger partial charge < -0.3 is 5.73 Å². The van der Waals surface area contributed by atoms with Crippen LogP contribution in [-0.4, -0.2) is 5.54 Å². The fraction of sp³-hybridized carbons (Fsp3) is 1.00. The lowest BCUT2D eigenvalue weighted by Crippen LogP contribution is -2.58. The van der Waals surface area contributed by atoms with Crippen molar-refractivity contribution in [1.29, 1.82) is 0 Å². The summed E-state index contributed by atoms with van der Waals surface area (Å²) >= 11 is 0. The van der Waals surface area contributed by atoms with Gasteiger partial charge in [-0.25, -0.2) is 0 Å². The molecule has 0 heterocycles. The standard InChI is InChI=1S/C18H35N/c1-5-15-7-6-8-16(11-15)18(19)12-14(4)9-10-17(18)13(2)3/h13-17H,5-12,19H2,1-4H3. The Labute approximate surface area is 120 Å². The van der Waals surface area contributed by atoms with Gasteiger partial charge in [-0.05, 0) is 55.3 Å². The second-order valence-electron chi connectivity index (χ2n) is 7.99. The Hall–Kier alpha value is -0.0400. The van der Waals surface area contributed by atoms with Crippen LogP contribution >= 0.6 is 0 Å². The Bertz CT molecular complexity index is 285. The molecule has 0 aromatic heterocycles. The molecular formula is C18H35N. The molecule has 0 saturated heterocycles. The molecule has 19 heavy (non-hydrogen) atoms. The Morgan fingerprint density at radius 1 is 1.16 bits per heavy atom. The number of nitrogens with two attached hydrogens (primary N) is 1. The van der Waals surface area contributed by atoms with Crippen molar-refractivity contribution in [1.82, 2.24) is 0 Å². The van der Waals surface area contributed by atoms with Crippen LogP contribution in [0, 0.1) is 29.6 Å². The Balaban J connectivity index is 2.15. The van der Waals surface area contributed by atoms with Crippen molar-refractivity contribution in [2.45, 2.75) is 84.6 Å². The lowest BCUT2D eigenvalue weighted by molar-refractivity contribution is 0.0289. The predicted octanol–water partition coefficient (Wildman–Crippen LogP) is 4.99. The number of hydrogen-bond acceptors (Lipinski definition) is 1. The Morgan fingerprint density at radius 2 is 1.89 bits per heavy atom. The Kier molecular flexibility index (Phi) is 4.98. The van der Waals surface area contributed by atoms with Gasteiger partial charge in [0.25, 0.3) is 0 Å². The van der Waals surface area contributed by atoms with E-state index < -0.39 is 0 Å². The third-order valence-electron chi connectivity index (χ3n) is 6.29. The summed E-state index contributed by atoms with van der Waals surface area (Å²) in [5.74, 6) is 4.08. The molecular weight excluding hydrogens is 230 g/mol. The molecule has 0 radical (unpaired) electrons. The zero-order valence-electron chi connectivity index (χ0n) is 13.6. The summed E-state index contributed by atoms with van der Waals surface area (Å²) in [4.78, 5) is 0. The summed E-state index contributed by atoms with van der Waals surface area (Å²) in [5.41, 5.74) is 7.22. The molecule has 5 atom stereocenters. The van der Waals surface area contributed by atoms with Crippen LogP contribution in [-0.2, 0) is 0 Å². The summed E-state index contributed by atoms with van der Waals surface area (Å²) in [5, 5.41) is 0. The van der Waals surface area contributed by atoms with Gasteiger partial charge >= 0.3 is 0 Å². The van der Waals surface area contributed by atoms with Crippen LogP contribution in [0.2, 0.25) is 0 Å². The second-order valence-corrected chi connectivity index (χ2v) is 7.99. The van der Waals surface area contributed by atoms with E-state index in [0.29, 0.717) is 0 Å². The maximum absolute atomic E-state index is 7.09. The molecule has 2 N–H and O–H groups in total. The normalized spacial score (nSPS) is 44.5. The van der Waals surface area contributed by atoms with Crippen molar-refractivity contribution in [2.75, 3.05) is 0 Å². The van der Waals surface area contributed by atoms with Gasteiger partial charge in [0, 0.05) is 5.54 Å². The molecule has 2 aliphatic carbocycles. The third kappa shape index (κ3) is 3.17. The average Bonchev–Trinajstić information content (AvgIpc) is 2.38. The topological polar surface area (TPSA) is 26.0 Å². The lowest BCUT2D eigenvalue weighted by atomic mass is 9.57. The van der Waals surface area contributed by atoms with E-state index in [1.54, 1.807) is 0 Å². The van der Waals surface area contributed by atoms with E-state index in [0.717, 1.165) is 29.6 Å². The number of hydrogen-bond donors (Lipinski definition) is 1. The van der Waals surface area contributed by atoms with Crippen molar-refractivity contribution in [3.05, 3.63) is 0 Å². The van der Waals surface area contributed by atoms with Crippen LogP contribution in [0.4, 0.5) is 0 Å². The SMILES string of the molecule is CCC1CCCC(C2(N)CC(C)CCC2C(C)C)C1. The maximum Gasteiger partial charge on any atom is 0.0216 e. The van der Waals surface area contributed by atoms with Gasteiger partial charge in [-0.1, -0.05) is 53.4 Å². The predicted molar refractivity (Wildman–Crippen MR) is 84.0 cm³/mol. The molecule has 0 bridgehead atoms. The van der Waals surface area contributed by atoms with Crippen molar-refractivity contribution in [2.24, 2.45) is 35.3 Å². The maximum atomic E-state index is 7.09. The van der Waals surface area contributed by atoms with E-state index in [2.05, 4.69) is 27.7 Å². The monoisotopic (exact) mass is 265 g/mol. The summed E-state index contributed by atoms with van der Waals surface area (Å²) in [6, 6.07) is 0. The molecule has 5 unspecified atom stereocenters. The molecule has 112 valence electrons. The highest BCUT2D eigenvalue weighted by atomic mass is 14.8. The first-order valence-corrected chi connectivity index (χ1v) is 8.76. The van der Waals surface area contributed by atoms with E-state index >= 15 is 0 Å². The van der Waals surface area contributed by atoms with Crippen LogP contribution in [0.1, 0.15) is 79.1 Å². The first-order valence-electron chi connectivity index (χ1n) is 8.76. The summed E-state index contributed by atoms with van der Waals surface area (Å²) in [6.07, 6.45) is 11.1. The minimum Gasteiger partial charge on any atom is -0.325 e. The minimum absolute atomic E-state index is 0.139. The molecule has 0 aromatic rings. The van der Waals surface area contributed by atoms with E-state index in [-0.39, 0.29) is 5.54 Å². The van der Waals surface area contributed by atoms with E-state index in [1.165, 1.54) is 51.4 Å². The van der Waals surface area contributed by atoms with E-state index in [9.17, 15) is 0 Å². The molecule has 0 aliphatic heterocycles. The van der Waals surface area contributed by atoms with Gasteiger partial charge in [-0.2, -0.15) is 0 Å². The number of rotatable bonds is 3. The molecule has 2 saturated carbocycles. The van der Waals surface area contributed by atoms with Crippen molar-refractivity contribution >= 4 is 0 Å². The van der Waals surface area contributed by atoms with Gasteiger partial charge in [0.2, 0.25) is 0 Å². The first-order chi connectivity index (χ1) is 8.97. The quantitative estimate of drug-likeness (QED) is 0.764. The fourth-order valence-corrected chi connectivity index (χ4v) is 5.16. The average molecular weight is 265 g/mol. The lowest BCUT2D eigenvalue weighted by Gasteiger charge is -2.52. The summed E-state index contributed by atoms with van der Waals surface area (Å²) in [6.45, 7) is 9.56. The smallest absolute Gasteiger partial charge is 0.0216 e. The molecule has 1 heteroatoms. The van der Waals surface area contributed by atoms with Gasteiger partial charge in [-0.15, -0.1) is 0 Å². The zero-order chi connectivity index (χ0) is 14.0. The summed E-state index contributed by atoms with van der Waals surface area (Å²) in [7, 11) is 0. The van der Waals surface area contributed by atoms with Crippen LogP contribution in [0.5, 0.6) is 0 Å². The van der Waals surface area contributed by atoms with Crippen LogP contribution in [0.15, 0.2) is 0 Å². The zero-order valence-corrected chi connectivity index (χ0v) is 13.6. The minimum atomic E-state index is 0.139. The van der Waals surface area contributed by atoms with Crippen LogP contribution < -0.4 is 5.73 Å². The second kappa shape index (κ2) is 6.16. The van der Waals surface area contributed by atoms with E-state index in [4.69, 9.17) is 5.73 Å². The molecule has 2 fully saturated rings. The molecule has 2 rings (SSSR count). The first kappa shape index (κ1) is 15.4.